The van der Waals surface area contributed by atoms with Crippen molar-refractivity contribution in [3.8, 4) is 0 Å². The first kappa shape index (κ1) is 14.4. The van der Waals surface area contributed by atoms with Gasteiger partial charge in [0.2, 0.25) is 0 Å². The highest BCUT2D eigenvalue weighted by atomic mass is 16.5. The van der Waals surface area contributed by atoms with E-state index in [1.807, 2.05) is 0 Å². The molecule has 1 aromatic rings. The van der Waals surface area contributed by atoms with Crippen molar-refractivity contribution in [2.45, 2.75) is 6.92 Å². The number of carbonyl (C=O) groups is 3. The highest BCUT2D eigenvalue weighted by molar-refractivity contribution is 5.92. The fourth-order valence-electron chi connectivity index (χ4n) is 1.13. The summed E-state index contributed by atoms with van der Waals surface area (Å²) >= 11 is 0. The molecule has 0 unspecified atom stereocenters. The minimum Gasteiger partial charge on any atom is -0.477 e. The quantitative estimate of drug-likeness (QED) is 0.667. The van der Waals surface area contributed by atoms with E-state index in [1.54, 1.807) is 6.92 Å². The van der Waals surface area contributed by atoms with Crippen LogP contribution < -0.4 is 10.6 Å². The molecule has 19 heavy (non-hydrogen) atoms. The van der Waals surface area contributed by atoms with Gasteiger partial charge in [0.05, 0.1) is 18.5 Å². The molecule has 0 atom stereocenters. The second kappa shape index (κ2) is 6.94. The maximum Gasteiger partial charge on any atom is 0.354 e. The molecular formula is C11H13N3O5. The zero-order valence-electron chi connectivity index (χ0n) is 10.2. The lowest BCUT2D eigenvalue weighted by atomic mass is 10.3. The number of ether oxygens (including phenoxy) is 1. The summed E-state index contributed by atoms with van der Waals surface area (Å²) in [5, 5.41) is 13.3. The SMILES string of the molecule is CCOC(=O)CNC(=O)Nc1ccc(C(=O)O)nc1. The second-order valence-electron chi connectivity index (χ2n) is 3.35. The lowest BCUT2D eigenvalue weighted by Gasteiger charge is -2.07. The average Bonchev–Trinajstić information content (AvgIpc) is 2.37. The number of hydrogen-bond acceptors (Lipinski definition) is 5. The zero-order chi connectivity index (χ0) is 14.3. The molecule has 102 valence electrons. The van der Waals surface area contributed by atoms with E-state index < -0.39 is 18.0 Å². The summed E-state index contributed by atoms with van der Waals surface area (Å²) in [5.74, 6) is -1.70. The zero-order valence-corrected chi connectivity index (χ0v) is 10.2. The number of aromatic carboxylic acids is 1. The van der Waals surface area contributed by atoms with Crippen molar-refractivity contribution in [3.63, 3.8) is 0 Å². The molecule has 0 radical (unpaired) electrons. The van der Waals surface area contributed by atoms with Crippen LogP contribution in [0.3, 0.4) is 0 Å². The monoisotopic (exact) mass is 267 g/mol. The van der Waals surface area contributed by atoms with Gasteiger partial charge < -0.3 is 20.5 Å². The van der Waals surface area contributed by atoms with E-state index in [2.05, 4.69) is 20.4 Å². The van der Waals surface area contributed by atoms with Crippen molar-refractivity contribution in [1.29, 1.82) is 0 Å². The summed E-state index contributed by atoms with van der Waals surface area (Å²) in [6.45, 7) is 1.65. The fourth-order valence-corrected chi connectivity index (χ4v) is 1.13. The molecule has 0 aliphatic rings. The number of anilines is 1. The molecule has 1 aromatic heterocycles. The van der Waals surface area contributed by atoms with E-state index >= 15 is 0 Å². The Balaban J connectivity index is 2.44. The molecule has 0 aliphatic heterocycles. The first-order valence-electron chi connectivity index (χ1n) is 5.42. The second-order valence-corrected chi connectivity index (χ2v) is 3.35. The topological polar surface area (TPSA) is 118 Å². The molecule has 3 N–H and O–H groups in total. The molecule has 0 aliphatic carbocycles. The van der Waals surface area contributed by atoms with Gasteiger partial charge in [0.25, 0.3) is 0 Å². The summed E-state index contributed by atoms with van der Waals surface area (Å²) < 4.78 is 4.63. The van der Waals surface area contributed by atoms with Gasteiger partial charge in [-0.2, -0.15) is 0 Å². The molecule has 8 nitrogen and oxygen atoms in total. The van der Waals surface area contributed by atoms with Gasteiger partial charge in [-0.3, -0.25) is 4.79 Å². The Hall–Kier alpha value is -2.64. The number of rotatable bonds is 5. The Morgan fingerprint density at radius 2 is 2.11 bits per heavy atom. The average molecular weight is 267 g/mol. The summed E-state index contributed by atoms with van der Waals surface area (Å²) in [6.07, 6.45) is 1.20. The maximum absolute atomic E-state index is 11.4. The van der Waals surface area contributed by atoms with Crippen LogP contribution in [-0.4, -0.2) is 41.2 Å². The Morgan fingerprint density at radius 3 is 2.63 bits per heavy atom. The van der Waals surface area contributed by atoms with E-state index in [9.17, 15) is 14.4 Å². The molecule has 1 rings (SSSR count). The first-order chi connectivity index (χ1) is 9.02. The van der Waals surface area contributed by atoms with E-state index in [0.29, 0.717) is 5.69 Å². The number of carbonyl (C=O) groups excluding carboxylic acids is 2. The molecule has 1 heterocycles. The van der Waals surface area contributed by atoms with Crippen LogP contribution in [0.1, 0.15) is 17.4 Å². The van der Waals surface area contributed by atoms with Crippen molar-refractivity contribution in [3.05, 3.63) is 24.0 Å². The minimum atomic E-state index is -1.15. The first-order valence-corrected chi connectivity index (χ1v) is 5.42. The molecule has 0 aromatic carbocycles. The minimum absolute atomic E-state index is 0.127. The number of esters is 1. The van der Waals surface area contributed by atoms with Crippen molar-refractivity contribution < 1.29 is 24.2 Å². The van der Waals surface area contributed by atoms with Gasteiger partial charge in [0.1, 0.15) is 12.2 Å². The number of pyridine rings is 1. The van der Waals surface area contributed by atoms with Crippen LogP contribution in [0.4, 0.5) is 10.5 Å². The van der Waals surface area contributed by atoms with Crippen LogP contribution in [0.25, 0.3) is 0 Å². The van der Waals surface area contributed by atoms with Gasteiger partial charge in [0.15, 0.2) is 0 Å². The number of nitrogens with zero attached hydrogens (tertiary/aromatic N) is 1. The molecule has 8 heteroatoms. The third-order valence-corrected chi connectivity index (χ3v) is 1.94. The molecule has 0 spiro atoms. The molecular weight excluding hydrogens is 254 g/mol. The van der Waals surface area contributed by atoms with Crippen molar-refractivity contribution in [2.75, 3.05) is 18.5 Å². The standard InChI is InChI=1S/C11H13N3O5/c1-2-19-9(15)6-13-11(18)14-7-3-4-8(10(16)17)12-5-7/h3-5H,2,6H2,1H3,(H,16,17)(H2,13,14,18). The van der Waals surface area contributed by atoms with Gasteiger partial charge in [-0.25, -0.2) is 14.6 Å². The maximum atomic E-state index is 11.4. The predicted octanol–water partition coefficient (Wildman–Crippen LogP) is 0.464. The van der Waals surface area contributed by atoms with Crippen LogP contribution >= 0.6 is 0 Å². The number of hydrogen-bond donors (Lipinski definition) is 3. The number of aromatic nitrogens is 1. The van der Waals surface area contributed by atoms with Crippen LogP contribution in [-0.2, 0) is 9.53 Å². The van der Waals surface area contributed by atoms with Gasteiger partial charge in [-0.15, -0.1) is 0 Å². The van der Waals surface area contributed by atoms with Crippen molar-refractivity contribution in [1.82, 2.24) is 10.3 Å². The number of carboxylic acid groups (broad SMARTS) is 1. The van der Waals surface area contributed by atoms with E-state index in [-0.39, 0.29) is 18.8 Å². The van der Waals surface area contributed by atoms with Gasteiger partial charge in [-0.1, -0.05) is 0 Å². The van der Waals surface area contributed by atoms with Gasteiger partial charge in [-0.05, 0) is 19.1 Å². The van der Waals surface area contributed by atoms with Gasteiger partial charge in [0, 0.05) is 0 Å². The molecule has 0 saturated heterocycles. The smallest absolute Gasteiger partial charge is 0.354 e. The normalized spacial score (nSPS) is 9.53. The largest absolute Gasteiger partial charge is 0.477 e. The van der Waals surface area contributed by atoms with E-state index in [1.165, 1.54) is 18.3 Å². The highest BCUT2D eigenvalue weighted by Crippen LogP contribution is 2.05. The molecule has 2 amide bonds. The molecule has 0 fully saturated rings. The van der Waals surface area contributed by atoms with Crippen LogP contribution in [0, 0.1) is 0 Å². The highest BCUT2D eigenvalue weighted by Gasteiger charge is 2.07. The number of amides is 2. The predicted molar refractivity (Wildman–Crippen MR) is 64.9 cm³/mol. The third-order valence-electron chi connectivity index (χ3n) is 1.94. The summed E-state index contributed by atoms with van der Waals surface area (Å²) in [7, 11) is 0. The van der Waals surface area contributed by atoms with Gasteiger partial charge >= 0.3 is 18.0 Å². The Morgan fingerprint density at radius 1 is 1.37 bits per heavy atom. The fraction of sp³-hybridized carbons (Fsp3) is 0.273. The molecule has 0 saturated carbocycles. The summed E-state index contributed by atoms with van der Waals surface area (Å²) in [5.41, 5.74) is 0.184. The lowest BCUT2D eigenvalue weighted by Crippen LogP contribution is -2.34. The van der Waals surface area contributed by atoms with Crippen molar-refractivity contribution in [2.24, 2.45) is 0 Å². The third kappa shape index (κ3) is 5.02. The number of nitrogens with one attached hydrogen (secondary N) is 2. The number of urea groups is 1. The van der Waals surface area contributed by atoms with Crippen LogP contribution in [0.15, 0.2) is 18.3 Å². The van der Waals surface area contributed by atoms with Crippen LogP contribution in [0.2, 0.25) is 0 Å². The summed E-state index contributed by atoms with van der Waals surface area (Å²) in [4.78, 5) is 36.5. The van der Waals surface area contributed by atoms with E-state index in [4.69, 9.17) is 5.11 Å². The lowest BCUT2D eigenvalue weighted by molar-refractivity contribution is -0.141. The van der Waals surface area contributed by atoms with Crippen molar-refractivity contribution >= 4 is 23.7 Å². The number of carboxylic acids is 1. The Kier molecular flexibility index (Phi) is 5.27. The van der Waals surface area contributed by atoms with E-state index in [0.717, 1.165) is 0 Å². The Labute approximate surface area is 108 Å². The summed E-state index contributed by atoms with van der Waals surface area (Å²) in [6, 6.07) is 2.03. The van der Waals surface area contributed by atoms with Crippen LogP contribution in [0.5, 0.6) is 0 Å². The Bertz CT molecular complexity index is 472. The molecule has 0 bridgehead atoms.